The third-order valence-corrected chi connectivity index (χ3v) is 4.03. The Morgan fingerprint density at radius 2 is 2.19 bits per heavy atom. The van der Waals surface area contributed by atoms with E-state index in [1.54, 1.807) is 6.07 Å². The van der Waals surface area contributed by atoms with Crippen LogP contribution < -0.4 is 5.73 Å². The van der Waals surface area contributed by atoms with Crippen molar-refractivity contribution >= 4 is 5.69 Å². The van der Waals surface area contributed by atoms with Gasteiger partial charge in [0, 0.05) is 35.2 Å². The number of nitro benzene ring substituents is 1. The predicted octanol–water partition coefficient (Wildman–Crippen LogP) is 3.17. The number of aryl methyl sites for hydroxylation is 1. The summed E-state index contributed by atoms with van der Waals surface area (Å²) in [5.41, 5.74) is 9.36. The number of hydrogen-bond acceptors (Lipinski definition) is 3. The molecule has 1 aromatic carbocycles. The van der Waals surface area contributed by atoms with E-state index in [1.807, 2.05) is 17.6 Å². The summed E-state index contributed by atoms with van der Waals surface area (Å²) in [4.78, 5) is 9.99. The first-order valence-corrected chi connectivity index (χ1v) is 6.90. The van der Waals surface area contributed by atoms with E-state index >= 15 is 0 Å². The normalized spacial score (nSPS) is 17.6. The molecule has 21 heavy (non-hydrogen) atoms. The third kappa shape index (κ3) is 2.21. The molecule has 1 aromatic heterocycles. The number of rotatable bonds is 2. The molecule has 0 amide bonds. The second-order valence-electron chi connectivity index (χ2n) is 5.41. The van der Waals surface area contributed by atoms with Crippen LogP contribution in [0.25, 0.3) is 5.69 Å². The fraction of sp³-hybridized carbons (Fsp3) is 0.333. The van der Waals surface area contributed by atoms with Crippen molar-refractivity contribution in [1.82, 2.24) is 4.57 Å². The lowest BCUT2D eigenvalue weighted by atomic mass is 9.93. The fourth-order valence-electron chi connectivity index (χ4n) is 3.08. The second kappa shape index (κ2) is 4.96. The summed E-state index contributed by atoms with van der Waals surface area (Å²) in [7, 11) is 0. The smallest absolute Gasteiger partial charge is 0.304 e. The molecule has 2 aromatic rings. The van der Waals surface area contributed by atoms with Crippen molar-refractivity contribution in [2.75, 3.05) is 0 Å². The number of nitrogens with zero attached hydrogens (tertiary/aromatic N) is 2. The number of nitrogens with two attached hydrogens (primary N) is 1. The van der Waals surface area contributed by atoms with E-state index in [0.29, 0.717) is 5.69 Å². The summed E-state index contributed by atoms with van der Waals surface area (Å²) in [5, 5.41) is 10.7. The number of benzene rings is 1. The lowest BCUT2D eigenvalue weighted by Gasteiger charge is -2.21. The average molecular weight is 289 g/mol. The maximum atomic E-state index is 13.9. The van der Waals surface area contributed by atoms with Crippen molar-refractivity contribution in [1.29, 1.82) is 0 Å². The minimum Gasteiger partial charge on any atom is -0.324 e. The van der Waals surface area contributed by atoms with Gasteiger partial charge in [-0.25, -0.2) is 0 Å². The molecule has 3 rings (SSSR count). The molecular weight excluding hydrogens is 273 g/mol. The van der Waals surface area contributed by atoms with Crippen molar-refractivity contribution in [3.05, 3.63) is 57.1 Å². The Bertz CT molecular complexity index is 724. The first-order chi connectivity index (χ1) is 9.99. The van der Waals surface area contributed by atoms with Gasteiger partial charge < -0.3 is 10.3 Å². The highest BCUT2D eigenvalue weighted by Crippen LogP contribution is 2.33. The Morgan fingerprint density at radius 3 is 2.86 bits per heavy atom. The van der Waals surface area contributed by atoms with Crippen molar-refractivity contribution in [3.8, 4) is 5.69 Å². The average Bonchev–Trinajstić information content (AvgIpc) is 2.76. The lowest BCUT2D eigenvalue weighted by molar-refractivity contribution is -0.387. The SMILES string of the molecule is Cc1cc2c(n1-c1ccc([N+](=O)[O-])c(F)c1)CCCC2N. The van der Waals surface area contributed by atoms with Crippen LogP contribution in [-0.2, 0) is 6.42 Å². The van der Waals surface area contributed by atoms with Gasteiger partial charge in [0.15, 0.2) is 0 Å². The Morgan fingerprint density at radius 1 is 1.43 bits per heavy atom. The summed E-state index contributed by atoms with van der Waals surface area (Å²) in [6.45, 7) is 1.93. The van der Waals surface area contributed by atoms with Crippen LogP contribution in [0.4, 0.5) is 10.1 Å². The van der Waals surface area contributed by atoms with E-state index in [-0.39, 0.29) is 6.04 Å². The highest BCUT2D eigenvalue weighted by Gasteiger charge is 2.24. The van der Waals surface area contributed by atoms with Gasteiger partial charge in [-0.3, -0.25) is 10.1 Å². The Kier molecular flexibility index (Phi) is 3.25. The van der Waals surface area contributed by atoms with Gasteiger partial charge in [0.25, 0.3) is 0 Å². The molecule has 1 heterocycles. The highest BCUT2D eigenvalue weighted by atomic mass is 19.1. The molecule has 6 heteroatoms. The molecule has 1 atom stereocenters. The minimum absolute atomic E-state index is 0.0107. The largest absolute Gasteiger partial charge is 0.324 e. The van der Waals surface area contributed by atoms with Gasteiger partial charge in [0.1, 0.15) is 0 Å². The highest BCUT2D eigenvalue weighted by molar-refractivity contribution is 5.47. The molecule has 1 aliphatic rings. The first-order valence-electron chi connectivity index (χ1n) is 6.90. The number of fused-ring (bicyclic) bond motifs is 1. The summed E-state index contributed by atoms with van der Waals surface area (Å²) < 4.78 is 15.8. The number of aromatic nitrogens is 1. The van der Waals surface area contributed by atoms with Crippen LogP contribution >= 0.6 is 0 Å². The molecule has 0 radical (unpaired) electrons. The molecular formula is C15H16FN3O2. The summed E-state index contributed by atoms with van der Waals surface area (Å²) >= 11 is 0. The van der Waals surface area contributed by atoms with Crippen molar-refractivity contribution in [2.45, 2.75) is 32.2 Å². The zero-order chi connectivity index (χ0) is 15.1. The number of halogens is 1. The summed E-state index contributed by atoms with van der Waals surface area (Å²) in [6, 6.07) is 6.04. The number of nitro groups is 1. The molecule has 5 nitrogen and oxygen atoms in total. The minimum atomic E-state index is -0.820. The Labute approximate surface area is 121 Å². The standard InChI is InChI=1S/C15H16FN3O2/c1-9-7-11-13(17)3-2-4-14(11)18(9)10-5-6-15(19(20)21)12(16)8-10/h5-8,13H,2-4,17H2,1H3. The van der Waals surface area contributed by atoms with E-state index in [0.717, 1.165) is 36.2 Å². The summed E-state index contributed by atoms with van der Waals surface area (Å²) in [5.74, 6) is -0.820. The maximum absolute atomic E-state index is 13.9. The van der Waals surface area contributed by atoms with Crippen LogP contribution in [0.3, 0.4) is 0 Å². The van der Waals surface area contributed by atoms with Crippen LogP contribution in [0.1, 0.15) is 35.8 Å². The molecule has 0 aliphatic heterocycles. The van der Waals surface area contributed by atoms with Gasteiger partial charge in [-0.1, -0.05) is 0 Å². The van der Waals surface area contributed by atoms with E-state index in [4.69, 9.17) is 5.73 Å². The lowest BCUT2D eigenvalue weighted by Crippen LogP contribution is -2.18. The van der Waals surface area contributed by atoms with Gasteiger partial charge in [-0.05, 0) is 43.9 Å². The second-order valence-corrected chi connectivity index (χ2v) is 5.41. The fourth-order valence-corrected chi connectivity index (χ4v) is 3.08. The van der Waals surface area contributed by atoms with E-state index in [1.165, 1.54) is 12.1 Å². The molecule has 0 fully saturated rings. The van der Waals surface area contributed by atoms with Gasteiger partial charge in [0.05, 0.1) is 4.92 Å². The quantitative estimate of drug-likeness (QED) is 0.681. The van der Waals surface area contributed by atoms with E-state index in [2.05, 4.69) is 0 Å². The van der Waals surface area contributed by atoms with Crippen LogP contribution in [0.2, 0.25) is 0 Å². The first kappa shape index (κ1) is 13.8. The zero-order valence-electron chi connectivity index (χ0n) is 11.7. The van der Waals surface area contributed by atoms with Gasteiger partial charge >= 0.3 is 5.69 Å². The van der Waals surface area contributed by atoms with Gasteiger partial charge in [-0.15, -0.1) is 0 Å². The number of hydrogen-bond donors (Lipinski definition) is 1. The molecule has 0 bridgehead atoms. The molecule has 0 saturated heterocycles. The predicted molar refractivity (Wildman–Crippen MR) is 77.0 cm³/mol. The molecule has 0 saturated carbocycles. The van der Waals surface area contributed by atoms with Crippen LogP contribution in [0.5, 0.6) is 0 Å². The molecule has 2 N–H and O–H groups in total. The van der Waals surface area contributed by atoms with Crippen molar-refractivity contribution in [3.63, 3.8) is 0 Å². The zero-order valence-corrected chi connectivity index (χ0v) is 11.7. The van der Waals surface area contributed by atoms with E-state index in [9.17, 15) is 14.5 Å². The topological polar surface area (TPSA) is 74.1 Å². The van der Waals surface area contributed by atoms with Crippen molar-refractivity contribution < 1.29 is 9.31 Å². The van der Waals surface area contributed by atoms with Crippen LogP contribution in [-0.4, -0.2) is 9.49 Å². The monoisotopic (exact) mass is 289 g/mol. The Hall–Kier alpha value is -2.21. The van der Waals surface area contributed by atoms with Crippen LogP contribution in [0, 0.1) is 22.9 Å². The van der Waals surface area contributed by atoms with Crippen LogP contribution in [0.15, 0.2) is 24.3 Å². The van der Waals surface area contributed by atoms with E-state index < -0.39 is 16.4 Å². The maximum Gasteiger partial charge on any atom is 0.304 e. The Balaban J connectivity index is 2.13. The summed E-state index contributed by atoms with van der Waals surface area (Å²) in [6.07, 6.45) is 2.83. The van der Waals surface area contributed by atoms with Gasteiger partial charge in [0.2, 0.25) is 5.82 Å². The van der Waals surface area contributed by atoms with Crippen molar-refractivity contribution in [2.24, 2.45) is 5.73 Å². The van der Waals surface area contributed by atoms with Gasteiger partial charge in [-0.2, -0.15) is 4.39 Å². The molecule has 0 spiro atoms. The third-order valence-electron chi connectivity index (χ3n) is 4.03. The molecule has 110 valence electrons. The molecule has 1 aliphatic carbocycles. The molecule has 1 unspecified atom stereocenters.